The summed E-state index contributed by atoms with van der Waals surface area (Å²) in [6.07, 6.45) is 0.519. The van der Waals surface area contributed by atoms with Crippen LogP contribution < -0.4 is 0 Å². The Morgan fingerprint density at radius 2 is 2.38 bits per heavy atom. The minimum Gasteiger partial charge on any atom is -0.272 e. The Morgan fingerprint density at radius 1 is 1.88 bits per heavy atom. The molecule has 0 saturated carbocycles. The highest BCUT2D eigenvalue weighted by Crippen LogP contribution is 2.03. The number of aliphatic imine (C=N–C) groups is 1. The maximum atomic E-state index is 12.1. The molecule has 0 amide bonds. The first-order valence-electron chi connectivity index (χ1n) is 2.45. The molecule has 0 radical (unpaired) electrons. The summed E-state index contributed by atoms with van der Waals surface area (Å²) in [6.45, 7) is 6.34. The zero-order valence-corrected chi connectivity index (χ0v) is 5.19. The van der Waals surface area contributed by atoms with E-state index in [9.17, 15) is 4.39 Å². The monoisotopic (exact) mass is 115 g/mol. The fourth-order valence-electron chi connectivity index (χ4n) is 0.247. The summed E-state index contributed by atoms with van der Waals surface area (Å²) in [6, 6.07) is 0. The van der Waals surface area contributed by atoms with Gasteiger partial charge in [-0.25, -0.2) is 4.39 Å². The number of rotatable bonds is 2. The molecule has 1 unspecified atom stereocenters. The van der Waals surface area contributed by atoms with Crippen LogP contribution in [0.1, 0.15) is 13.8 Å². The van der Waals surface area contributed by atoms with Crippen molar-refractivity contribution >= 4 is 6.72 Å². The lowest BCUT2D eigenvalue weighted by molar-refractivity contribution is 0.411. The van der Waals surface area contributed by atoms with E-state index in [-0.39, 0.29) is 0 Å². The first-order chi connectivity index (χ1) is 3.68. The van der Waals surface area contributed by atoms with Crippen LogP contribution in [0.3, 0.4) is 0 Å². The van der Waals surface area contributed by atoms with Gasteiger partial charge in [0.2, 0.25) is 0 Å². The first-order valence-corrected chi connectivity index (χ1v) is 2.45. The number of halogens is 1. The van der Waals surface area contributed by atoms with Crippen molar-refractivity contribution in [2.45, 2.75) is 20.0 Å². The van der Waals surface area contributed by atoms with Gasteiger partial charge in [0.15, 0.2) is 0 Å². The van der Waals surface area contributed by atoms with Crippen LogP contribution in [0.15, 0.2) is 16.8 Å². The largest absolute Gasteiger partial charge is 0.272 e. The van der Waals surface area contributed by atoms with Crippen molar-refractivity contribution in [2.75, 3.05) is 0 Å². The molecule has 0 bridgehead atoms. The van der Waals surface area contributed by atoms with Crippen molar-refractivity contribution in [1.82, 2.24) is 0 Å². The lowest BCUT2D eigenvalue weighted by Gasteiger charge is -1.96. The van der Waals surface area contributed by atoms with E-state index in [2.05, 4.69) is 11.7 Å². The van der Waals surface area contributed by atoms with Gasteiger partial charge >= 0.3 is 0 Å². The van der Waals surface area contributed by atoms with Crippen LogP contribution in [0.2, 0.25) is 0 Å². The summed E-state index contributed by atoms with van der Waals surface area (Å²) in [7, 11) is 0. The molecule has 0 aromatic heterocycles. The molecule has 0 aliphatic carbocycles. The van der Waals surface area contributed by atoms with E-state index in [1.807, 2.05) is 0 Å². The Kier molecular flexibility index (Phi) is 3.08. The van der Waals surface area contributed by atoms with Crippen LogP contribution in [0.4, 0.5) is 4.39 Å². The van der Waals surface area contributed by atoms with Gasteiger partial charge in [-0.05, 0) is 26.1 Å². The SMILES string of the molecule is C=N/C=C(\C)C(C)F. The van der Waals surface area contributed by atoms with Gasteiger partial charge in [0.25, 0.3) is 0 Å². The smallest absolute Gasteiger partial charge is 0.120 e. The zero-order valence-electron chi connectivity index (χ0n) is 5.19. The summed E-state index contributed by atoms with van der Waals surface area (Å²) < 4.78 is 12.1. The number of hydrogen-bond acceptors (Lipinski definition) is 1. The molecule has 0 fully saturated rings. The molecule has 0 aliphatic rings. The fraction of sp³-hybridized carbons (Fsp3) is 0.500. The van der Waals surface area contributed by atoms with Crippen molar-refractivity contribution in [3.8, 4) is 0 Å². The third-order valence-corrected chi connectivity index (χ3v) is 0.922. The summed E-state index contributed by atoms with van der Waals surface area (Å²) in [5.41, 5.74) is 0.611. The predicted octanol–water partition coefficient (Wildman–Crippen LogP) is 1.95. The second kappa shape index (κ2) is 3.36. The Hall–Kier alpha value is -0.660. The zero-order chi connectivity index (χ0) is 6.57. The lowest BCUT2D eigenvalue weighted by atomic mass is 10.2. The molecule has 46 valence electrons. The summed E-state index contributed by atoms with van der Waals surface area (Å²) in [5.74, 6) is 0. The van der Waals surface area contributed by atoms with Crippen molar-refractivity contribution in [1.29, 1.82) is 0 Å². The van der Waals surface area contributed by atoms with Crippen LogP contribution in [0.5, 0.6) is 0 Å². The van der Waals surface area contributed by atoms with E-state index >= 15 is 0 Å². The van der Waals surface area contributed by atoms with Gasteiger partial charge in [-0.1, -0.05) is 0 Å². The average Bonchev–Trinajstić information content (AvgIpc) is 1.67. The molecule has 8 heavy (non-hydrogen) atoms. The second-order valence-corrected chi connectivity index (χ2v) is 1.67. The van der Waals surface area contributed by atoms with Crippen LogP contribution in [-0.2, 0) is 0 Å². The molecule has 1 nitrogen and oxygen atoms in total. The Labute approximate surface area is 48.9 Å². The van der Waals surface area contributed by atoms with E-state index in [0.29, 0.717) is 5.57 Å². The highest BCUT2D eigenvalue weighted by molar-refractivity contribution is 5.26. The third-order valence-electron chi connectivity index (χ3n) is 0.922. The normalized spacial score (nSPS) is 15.6. The Morgan fingerprint density at radius 3 is 2.50 bits per heavy atom. The molecule has 0 N–H and O–H groups in total. The number of hydrogen-bond donors (Lipinski definition) is 0. The molecule has 0 heterocycles. The Bertz CT molecular complexity index is 105. The van der Waals surface area contributed by atoms with Gasteiger partial charge in [-0.3, -0.25) is 4.99 Å². The summed E-state index contributed by atoms with van der Waals surface area (Å²) >= 11 is 0. The number of nitrogens with zero attached hydrogens (tertiary/aromatic N) is 1. The van der Waals surface area contributed by atoms with Gasteiger partial charge < -0.3 is 0 Å². The van der Waals surface area contributed by atoms with E-state index in [0.717, 1.165) is 0 Å². The minimum absolute atomic E-state index is 0.611. The van der Waals surface area contributed by atoms with Crippen LogP contribution >= 0.6 is 0 Å². The van der Waals surface area contributed by atoms with Gasteiger partial charge in [0.05, 0.1) is 0 Å². The van der Waals surface area contributed by atoms with E-state index in [4.69, 9.17) is 0 Å². The molecule has 0 spiro atoms. The molecular formula is C6H10FN. The minimum atomic E-state index is -0.902. The van der Waals surface area contributed by atoms with Crippen molar-refractivity contribution in [2.24, 2.45) is 4.99 Å². The van der Waals surface area contributed by atoms with Crippen molar-refractivity contribution in [3.63, 3.8) is 0 Å². The van der Waals surface area contributed by atoms with E-state index < -0.39 is 6.17 Å². The summed E-state index contributed by atoms with van der Waals surface area (Å²) in [4.78, 5) is 3.40. The lowest BCUT2D eigenvalue weighted by Crippen LogP contribution is -1.91. The van der Waals surface area contributed by atoms with Crippen LogP contribution in [0, 0.1) is 0 Å². The maximum absolute atomic E-state index is 12.1. The highest BCUT2D eigenvalue weighted by atomic mass is 19.1. The molecule has 0 aromatic carbocycles. The van der Waals surface area contributed by atoms with Gasteiger partial charge in [0, 0.05) is 6.20 Å². The third kappa shape index (κ3) is 2.50. The standard InChI is InChI=1S/C6H10FN/c1-5(4-8-3)6(2)7/h4,6H,3H2,1-2H3/b5-4+. The van der Waals surface area contributed by atoms with Gasteiger partial charge in [-0.15, -0.1) is 0 Å². The van der Waals surface area contributed by atoms with Crippen molar-refractivity contribution in [3.05, 3.63) is 11.8 Å². The fourth-order valence-corrected chi connectivity index (χ4v) is 0.247. The Balaban J connectivity index is 3.78. The number of alkyl halides is 1. The second-order valence-electron chi connectivity index (χ2n) is 1.67. The predicted molar refractivity (Wildman–Crippen MR) is 33.9 cm³/mol. The molecule has 2 heteroatoms. The molecule has 0 saturated heterocycles. The molecule has 0 aromatic rings. The highest BCUT2D eigenvalue weighted by Gasteiger charge is 1.96. The molecular weight excluding hydrogens is 105 g/mol. The average molecular weight is 115 g/mol. The van der Waals surface area contributed by atoms with Crippen LogP contribution in [-0.4, -0.2) is 12.9 Å². The first kappa shape index (κ1) is 7.34. The number of allylic oxidation sites excluding steroid dienone is 1. The quantitative estimate of drug-likeness (QED) is 0.488. The summed E-state index contributed by atoms with van der Waals surface area (Å²) in [5, 5.41) is 0. The topological polar surface area (TPSA) is 12.4 Å². The van der Waals surface area contributed by atoms with Gasteiger partial charge in [0.1, 0.15) is 6.17 Å². The van der Waals surface area contributed by atoms with Crippen molar-refractivity contribution < 1.29 is 4.39 Å². The van der Waals surface area contributed by atoms with Gasteiger partial charge in [-0.2, -0.15) is 0 Å². The molecule has 0 rings (SSSR count). The molecule has 1 atom stereocenters. The molecule has 0 aliphatic heterocycles. The maximum Gasteiger partial charge on any atom is 0.120 e. The van der Waals surface area contributed by atoms with E-state index in [1.165, 1.54) is 13.1 Å². The van der Waals surface area contributed by atoms with Crippen LogP contribution in [0.25, 0.3) is 0 Å². The van der Waals surface area contributed by atoms with E-state index in [1.54, 1.807) is 6.92 Å².